The molecule has 7 heteroatoms. The van der Waals surface area contributed by atoms with Crippen molar-refractivity contribution in [3.63, 3.8) is 0 Å². The minimum Gasteiger partial charge on any atom is -0.504 e. The third-order valence-electron chi connectivity index (χ3n) is 10.3. The number of phenolic OH excluding ortho intramolecular Hbond substituents is 1. The van der Waals surface area contributed by atoms with E-state index in [0.29, 0.717) is 36.5 Å². The Morgan fingerprint density at radius 2 is 1.87 bits per heavy atom. The van der Waals surface area contributed by atoms with E-state index < -0.39 is 23.2 Å². The van der Waals surface area contributed by atoms with Crippen molar-refractivity contribution in [1.82, 2.24) is 9.80 Å². The predicted octanol–water partition coefficient (Wildman–Crippen LogP) is 3.17. The van der Waals surface area contributed by atoms with Crippen molar-refractivity contribution in [3.8, 4) is 11.5 Å². The Hall–Kier alpha value is -3.16. The highest BCUT2D eigenvalue weighted by Crippen LogP contribution is 2.66. The lowest BCUT2D eigenvalue weighted by Crippen LogP contribution is -2.78. The van der Waals surface area contributed by atoms with Gasteiger partial charge in [-0.05, 0) is 74.3 Å². The fraction of sp³-hybridized carbons (Fsp3) is 0.484. The number of carbonyl (C=O) groups is 2. The molecule has 5 atom stereocenters. The van der Waals surface area contributed by atoms with Crippen LogP contribution in [0.1, 0.15) is 55.2 Å². The lowest BCUT2D eigenvalue weighted by Gasteiger charge is -2.64. The number of phenols is 1. The van der Waals surface area contributed by atoms with Gasteiger partial charge in [-0.1, -0.05) is 36.4 Å². The van der Waals surface area contributed by atoms with Crippen molar-refractivity contribution in [3.05, 3.63) is 64.7 Å². The van der Waals surface area contributed by atoms with E-state index in [1.165, 1.54) is 17.7 Å². The maximum atomic E-state index is 13.7. The summed E-state index contributed by atoms with van der Waals surface area (Å²) in [6.45, 7) is 1.85. The van der Waals surface area contributed by atoms with Crippen LogP contribution in [0.25, 0.3) is 6.08 Å². The molecule has 2 amide bonds. The van der Waals surface area contributed by atoms with Crippen LogP contribution < -0.4 is 4.74 Å². The number of nitrogens with zero attached hydrogens (tertiary/aromatic N) is 2. The first-order valence-electron chi connectivity index (χ1n) is 14.0. The van der Waals surface area contributed by atoms with Crippen LogP contribution in [0.5, 0.6) is 11.5 Å². The molecule has 0 aromatic heterocycles. The first-order chi connectivity index (χ1) is 18.4. The number of ether oxygens (including phenoxy) is 1. The lowest BCUT2D eigenvalue weighted by molar-refractivity contribution is -0.201. The van der Waals surface area contributed by atoms with Gasteiger partial charge in [-0.15, -0.1) is 0 Å². The zero-order valence-corrected chi connectivity index (χ0v) is 21.3. The van der Waals surface area contributed by atoms with Crippen molar-refractivity contribution in [2.45, 2.75) is 74.1 Å². The average molecular weight is 513 g/mol. The standard InChI is InChI=1S/C31H32N2O5/c34-23-9-8-20-15-24-31(37)11-10-22(33-25(35)16-21(29(33)36)14-18-4-2-1-3-5-18)28-30(31,26(20)27(23)38-28)12-13-32(24)17-19-6-7-19/h1-5,8-9,14,19,22,24,28,34,37H,6-7,10-13,15-17H2/b21-14+/t22-,24-,28+,30+,31-/m1/s1. The van der Waals surface area contributed by atoms with Gasteiger partial charge in [-0.3, -0.25) is 19.4 Å². The molecule has 2 aromatic rings. The number of imide groups is 1. The molecule has 38 heavy (non-hydrogen) atoms. The normalized spacial score (nSPS) is 36.5. The molecule has 6 aliphatic rings. The van der Waals surface area contributed by atoms with E-state index in [1.54, 1.807) is 12.1 Å². The molecule has 4 fully saturated rings. The zero-order valence-electron chi connectivity index (χ0n) is 21.3. The molecular formula is C31H32N2O5. The van der Waals surface area contributed by atoms with Gasteiger partial charge in [0.15, 0.2) is 11.5 Å². The molecule has 3 aliphatic carbocycles. The highest BCUT2D eigenvalue weighted by atomic mass is 16.5. The molecule has 8 rings (SSSR count). The molecule has 2 bridgehead atoms. The van der Waals surface area contributed by atoms with Gasteiger partial charge in [-0.25, -0.2) is 0 Å². The summed E-state index contributed by atoms with van der Waals surface area (Å²) in [6, 6.07) is 12.7. The fourth-order valence-electron chi connectivity index (χ4n) is 8.51. The van der Waals surface area contributed by atoms with Crippen LogP contribution in [0, 0.1) is 5.92 Å². The summed E-state index contributed by atoms with van der Waals surface area (Å²) in [6.07, 6.45) is 6.18. The Bertz CT molecular complexity index is 1400. The molecule has 1 spiro atoms. The van der Waals surface area contributed by atoms with Crippen molar-refractivity contribution in [1.29, 1.82) is 0 Å². The summed E-state index contributed by atoms with van der Waals surface area (Å²) in [4.78, 5) is 31.0. The van der Waals surface area contributed by atoms with E-state index in [9.17, 15) is 19.8 Å². The smallest absolute Gasteiger partial charge is 0.257 e. The summed E-state index contributed by atoms with van der Waals surface area (Å²) in [7, 11) is 0. The topological polar surface area (TPSA) is 90.3 Å². The highest BCUT2D eigenvalue weighted by Gasteiger charge is 2.74. The van der Waals surface area contributed by atoms with Crippen molar-refractivity contribution in [2.24, 2.45) is 5.92 Å². The van der Waals surface area contributed by atoms with E-state index >= 15 is 0 Å². The van der Waals surface area contributed by atoms with E-state index in [1.807, 2.05) is 36.4 Å². The molecule has 2 saturated carbocycles. The minimum atomic E-state index is -1.04. The van der Waals surface area contributed by atoms with Crippen LogP contribution in [0.4, 0.5) is 0 Å². The summed E-state index contributed by atoms with van der Waals surface area (Å²) in [5.41, 5.74) is 1.60. The number of hydrogen-bond donors (Lipinski definition) is 2. The Labute approximate surface area is 221 Å². The number of piperidine rings is 1. The lowest BCUT2D eigenvalue weighted by atomic mass is 9.48. The fourth-order valence-corrected chi connectivity index (χ4v) is 8.51. The number of aliphatic hydroxyl groups is 1. The van der Waals surface area contributed by atoms with Gasteiger partial charge in [-0.2, -0.15) is 0 Å². The second-order valence-electron chi connectivity index (χ2n) is 12.2. The number of rotatable bonds is 4. The Morgan fingerprint density at radius 3 is 2.66 bits per heavy atom. The number of likely N-dealkylation sites (tertiary alicyclic amines) is 2. The van der Waals surface area contributed by atoms with Crippen LogP contribution in [0.15, 0.2) is 48.0 Å². The van der Waals surface area contributed by atoms with Crippen molar-refractivity contribution < 1.29 is 24.5 Å². The third kappa shape index (κ3) is 2.86. The second kappa shape index (κ2) is 7.70. The predicted molar refractivity (Wildman–Crippen MR) is 139 cm³/mol. The Morgan fingerprint density at radius 1 is 1.05 bits per heavy atom. The number of carbonyl (C=O) groups excluding carboxylic acids is 2. The molecule has 2 N–H and O–H groups in total. The Balaban J connectivity index is 1.21. The molecule has 3 aliphatic heterocycles. The number of hydrogen-bond acceptors (Lipinski definition) is 6. The zero-order chi connectivity index (χ0) is 25.8. The van der Waals surface area contributed by atoms with Gasteiger partial charge in [0, 0.05) is 23.7 Å². The van der Waals surface area contributed by atoms with Crippen LogP contribution in [-0.4, -0.2) is 68.7 Å². The van der Waals surface area contributed by atoms with Gasteiger partial charge in [0.2, 0.25) is 5.91 Å². The first kappa shape index (κ1) is 22.8. The van der Waals surface area contributed by atoms with E-state index in [-0.39, 0.29) is 30.0 Å². The van der Waals surface area contributed by atoms with Crippen molar-refractivity contribution >= 4 is 17.9 Å². The van der Waals surface area contributed by atoms with E-state index in [0.717, 1.165) is 36.2 Å². The van der Waals surface area contributed by atoms with Crippen LogP contribution in [0.2, 0.25) is 0 Å². The van der Waals surface area contributed by atoms with Crippen LogP contribution in [0.3, 0.4) is 0 Å². The van der Waals surface area contributed by atoms with E-state index in [2.05, 4.69) is 4.90 Å². The maximum Gasteiger partial charge on any atom is 0.257 e. The molecular weight excluding hydrogens is 480 g/mol. The maximum absolute atomic E-state index is 13.7. The molecule has 2 saturated heterocycles. The summed E-state index contributed by atoms with van der Waals surface area (Å²) >= 11 is 0. The molecule has 0 radical (unpaired) electrons. The Kier molecular flexibility index (Phi) is 4.62. The van der Waals surface area contributed by atoms with Gasteiger partial charge in [0.05, 0.1) is 23.5 Å². The highest BCUT2D eigenvalue weighted by molar-refractivity contribution is 6.16. The summed E-state index contributed by atoms with van der Waals surface area (Å²) in [5.74, 6) is 0.730. The van der Waals surface area contributed by atoms with Crippen LogP contribution in [-0.2, 0) is 21.4 Å². The second-order valence-corrected chi connectivity index (χ2v) is 12.2. The molecule has 7 nitrogen and oxygen atoms in total. The monoisotopic (exact) mass is 512 g/mol. The third-order valence-corrected chi connectivity index (χ3v) is 10.3. The number of aromatic hydroxyl groups is 1. The minimum absolute atomic E-state index is 0.0367. The molecule has 0 unspecified atom stereocenters. The first-order valence-corrected chi connectivity index (χ1v) is 14.0. The number of benzene rings is 2. The van der Waals surface area contributed by atoms with Gasteiger partial charge in [0.25, 0.3) is 5.91 Å². The van der Waals surface area contributed by atoms with Gasteiger partial charge in [0.1, 0.15) is 6.10 Å². The van der Waals surface area contributed by atoms with Crippen molar-refractivity contribution in [2.75, 3.05) is 13.1 Å². The van der Waals surface area contributed by atoms with Crippen LogP contribution >= 0.6 is 0 Å². The number of amides is 2. The quantitative estimate of drug-likeness (QED) is 0.483. The van der Waals surface area contributed by atoms with Gasteiger partial charge >= 0.3 is 0 Å². The SMILES string of the molecule is O=C1C/C(=C\c2ccccc2)C(=O)N1[C@@H]1CC[C@@]2(O)[C@H]3Cc4ccc(O)c5c4[C@@]2(CCN3CC2CC2)[C@H]1O5. The van der Waals surface area contributed by atoms with E-state index in [4.69, 9.17) is 4.74 Å². The average Bonchev–Trinajstić information content (AvgIpc) is 3.59. The van der Waals surface area contributed by atoms with Gasteiger partial charge < -0.3 is 14.9 Å². The molecule has 3 heterocycles. The largest absolute Gasteiger partial charge is 0.504 e. The molecule has 196 valence electrons. The molecule has 2 aromatic carbocycles. The summed E-state index contributed by atoms with van der Waals surface area (Å²) in [5, 5.41) is 23.5. The summed E-state index contributed by atoms with van der Waals surface area (Å²) < 4.78 is 6.58.